The zero-order valence-electron chi connectivity index (χ0n) is 23.5. The van der Waals surface area contributed by atoms with Crippen molar-refractivity contribution in [2.75, 3.05) is 26.2 Å². The number of amides is 4. The first-order chi connectivity index (χ1) is 20.7. The number of ether oxygens (including phenoxy) is 2. The van der Waals surface area contributed by atoms with Crippen molar-refractivity contribution < 1.29 is 48.8 Å². The quantitative estimate of drug-likeness (QED) is 0.250. The Labute approximate surface area is 260 Å². The van der Waals surface area contributed by atoms with Gasteiger partial charge >= 0.3 is 5.97 Å². The number of aromatic carboxylic acids is 1. The predicted octanol–water partition coefficient (Wildman–Crippen LogP) is 3.01. The number of halogens is 2. The number of anilines is 1. The summed E-state index contributed by atoms with van der Waals surface area (Å²) in [6, 6.07) is 5.97. The zero-order chi connectivity index (χ0) is 32.0. The summed E-state index contributed by atoms with van der Waals surface area (Å²) in [5.41, 5.74) is 0.272. The Kier molecular flexibility index (Phi) is 6.67. The second-order valence-corrected chi connectivity index (χ2v) is 12.5. The maximum atomic E-state index is 14.1. The SMILES string of the molecule is COc1cc(O)cc(OC)c1[C@H]1C2=CC[C@@H]3C(=O)N(c4ccc(C(=O)O)c(O)c4)C(=O)[C@@H]3[C@@H]2C[C@@]2(Cl)C(=O)N(C)C(=O)[C@@]12Cl. The minimum atomic E-state index is -2.10. The third kappa shape index (κ3) is 3.67. The van der Waals surface area contributed by atoms with Crippen molar-refractivity contribution >= 4 is 58.5 Å². The Morgan fingerprint density at radius 2 is 1.59 bits per heavy atom. The third-order valence-corrected chi connectivity index (χ3v) is 10.7. The molecule has 1 saturated carbocycles. The lowest BCUT2D eigenvalue weighted by molar-refractivity contribution is -0.138. The van der Waals surface area contributed by atoms with Gasteiger partial charge in [0.1, 0.15) is 28.6 Å². The summed E-state index contributed by atoms with van der Waals surface area (Å²) in [6.45, 7) is 0. The Balaban J connectivity index is 1.54. The number of phenolic OH excluding ortho intramolecular Hbond substituents is 1. The average molecular weight is 645 g/mol. The number of carbonyl (C=O) groups is 5. The number of allylic oxidation sites excluding steroid dienone is 2. The number of rotatable bonds is 5. The fraction of sp³-hybridized carbons (Fsp3) is 0.367. The molecule has 0 unspecified atom stereocenters. The van der Waals surface area contributed by atoms with Gasteiger partial charge in [0.05, 0.1) is 31.7 Å². The summed E-state index contributed by atoms with van der Waals surface area (Å²) in [4.78, 5) is 64.3. The van der Waals surface area contributed by atoms with E-state index in [4.69, 9.17) is 32.7 Å². The number of alkyl halides is 2. The molecule has 0 spiro atoms. The number of fused-ring (bicyclic) bond motifs is 4. The van der Waals surface area contributed by atoms with E-state index < -0.39 is 74.3 Å². The van der Waals surface area contributed by atoms with Gasteiger partial charge in [0.25, 0.3) is 11.8 Å². The van der Waals surface area contributed by atoms with Gasteiger partial charge in [-0.3, -0.25) is 24.1 Å². The van der Waals surface area contributed by atoms with E-state index in [9.17, 15) is 39.3 Å². The first kappa shape index (κ1) is 29.8. The maximum Gasteiger partial charge on any atom is 0.339 e. The second kappa shape index (κ2) is 9.86. The Morgan fingerprint density at radius 3 is 2.16 bits per heavy atom. The van der Waals surface area contributed by atoms with E-state index in [1.54, 1.807) is 6.08 Å². The first-order valence-electron chi connectivity index (χ1n) is 13.5. The Bertz CT molecular complexity index is 1700. The van der Waals surface area contributed by atoms with Crippen LogP contribution in [0.25, 0.3) is 0 Å². The number of nitrogens with zero attached hydrogens (tertiary/aromatic N) is 2. The van der Waals surface area contributed by atoms with E-state index in [0.717, 1.165) is 21.9 Å². The summed E-state index contributed by atoms with van der Waals surface area (Å²) < 4.78 is 11.2. The molecule has 12 nitrogen and oxygen atoms in total. The molecule has 0 aromatic heterocycles. The van der Waals surface area contributed by atoms with Gasteiger partial charge in [-0.2, -0.15) is 0 Å². The van der Waals surface area contributed by atoms with Gasteiger partial charge in [-0.05, 0) is 30.9 Å². The summed E-state index contributed by atoms with van der Waals surface area (Å²) in [6.07, 6.45) is 1.53. The molecule has 6 atom stereocenters. The monoisotopic (exact) mass is 644 g/mol. The van der Waals surface area contributed by atoms with Crippen molar-refractivity contribution in [3.63, 3.8) is 0 Å². The lowest BCUT2D eigenvalue weighted by Crippen LogP contribution is -2.60. The van der Waals surface area contributed by atoms with Crippen molar-refractivity contribution in [2.24, 2.45) is 17.8 Å². The second-order valence-electron chi connectivity index (χ2n) is 11.3. The number of carboxylic acids is 1. The van der Waals surface area contributed by atoms with Gasteiger partial charge < -0.3 is 24.8 Å². The molecule has 0 radical (unpaired) electrons. The van der Waals surface area contributed by atoms with Crippen molar-refractivity contribution in [3.05, 3.63) is 53.1 Å². The van der Waals surface area contributed by atoms with Crippen LogP contribution in [0.15, 0.2) is 42.0 Å². The summed E-state index contributed by atoms with van der Waals surface area (Å²) in [5, 5.41) is 29.9. The highest BCUT2D eigenvalue weighted by Gasteiger charge is 2.76. The molecule has 3 N–H and O–H groups in total. The molecule has 2 aliphatic carbocycles. The number of hydrogen-bond donors (Lipinski definition) is 3. The van der Waals surface area contributed by atoms with E-state index in [-0.39, 0.29) is 41.3 Å². The number of likely N-dealkylation sites (tertiary alicyclic amines) is 1. The smallest absolute Gasteiger partial charge is 0.339 e. The first-order valence-corrected chi connectivity index (χ1v) is 14.3. The molecule has 4 aliphatic rings. The lowest BCUT2D eigenvalue weighted by atomic mass is 9.56. The Morgan fingerprint density at radius 1 is 0.955 bits per heavy atom. The molecule has 6 rings (SSSR count). The van der Waals surface area contributed by atoms with Gasteiger partial charge in [0.2, 0.25) is 11.8 Å². The molecule has 3 fully saturated rings. The lowest BCUT2D eigenvalue weighted by Gasteiger charge is -2.51. The molecule has 0 bridgehead atoms. The summed E-state index contributed by atoms with van der Waals surface area (Å²) >= 11 is 14.4. The normalized spacial score (nSPS) is 31.0. The number of phenols is 2. The molecule has 14 heteroatoms. The van der Waals surface area contributed by atoms with Crippen molar-refractivity contribution in [3.8, 4) is 23.0 Å². The van der Waals surface area contributed by atoms with Gasteiger partial charge in [0.15, 0.2) is 9.75 Å². The van der Waals surface area contributed by atoms with Crippen LogP contribution in [0.4, 0.5) is 5.69 Å². The number of carbonyl (C=O) groups excluding carboxylic acids is 4. The fourth-order valence-corrected chi connectivity index (χ4v) is 8.37. The van der Waals surface area contributed by atoms with Crippen LogP contribution in [0.2, 0.25) is 0 Å². The molecule has 2 aromatic rings. The molecule has 2 saturated heterocycles. The average Bonchev–Trinajstić information content (AvgIpc) is 3.31. The Hall–Kier alpha value is -4.29. The molecule has 2 aromatic carbocycles. The highest BCUT2D eigenvalue weighted by molar-refractivity contribution is 6.53. The van der Waals surface area contributed by atoms with Crippen LogP contribution in [0.3, 0.4) is 0 Å². The van der Waals surface area contributed by atoms with Crippen LogP contribution in [0, 0.1) is 17.8 Å². The fourth-order valence-electron chi connectivity index (χ4n) is 7.37. The number of benzene rings is 2. The topological polar surface area (TPSA) is 171 Å². The highest BCUT2D eigenvalue weighted by Crippen LogP contribution is 2.67. The molecule has 4 amide bonds. The van der Waals surface area contributed by atoms with Crippen molar-refractivity contribution in [1.82, 2.24) is 4.90 Å². The van der Waals surface area contributed by atoms with Gasteiger partial charge in [0, 0.05) is 36.7 Å². The predicted molar refractivity (Wildman–Crippen MR) is 154 cm³/mol. The number of imide groups is 2. The molecular formula is C30H26Cl2N2O10. The van der Waals surface area contributed by atoms with Crippen LogP contribution in [-0.4, -0.2) is 80.8 Å². The minimum Gasteiger partial charge on any atom is -0.508 e. The van der Waals surface area contributed by atoms with E-state index >= 15 is 0 Å². The van der Waals surface area contributed by atoms with E-state index in [1.807, 2.05) is 0 Å². The van der Waals surface area contributed by atoms with Crippen LogP contribution in [0.1, 0.15) is 34.7 Å². The van der Waals surface area contributed by atoms with E-state index in [0.29, 0.717) is 5.57 Å². The van der Waals surface area contributed by atoms with Crippen LogP contribution in [0.5, 0.6) is 23.0 Å². The molecule has 44 heavy (non-hydrogen) atoms. The standard InChI is InChI=1S/C30H26Cl2N2O10/c1-33-27(41)29(31)11-17-14(23(30(29,32)28(33)42)22-19(43-2)9-13(35)10-20(22)44-3)6-7-16-21(17)25(38)34(24(16)37)12-4-5-15(26(39)40)18(36)8-12/h4-6,8-10,16-17,21,23,35-36H,7,11H2,1-3H3,(H,39,40)/t16-,17+,21-,23+,29+,30-/m0/s1. The summed E-state index contributed by atoms with van der Waals surface area (Å²) in [5.74, 6) is -8.77. The number of hydrogen-bond acceptors (Lipinski definition) is 9. The number of methoxy groups -OCH3 is 2. The van der Waals surface area contributed by atoms with Crippen molar-refractivity contribution in [2.45, 2.75) is 28.5 Å². The van der Waals surface area contributed by atoms with Crippen LogP contribution < -0.4 is 14.4 Å². The van der Waals surface area contributed by atoms with Crippen LogP contribution >= 0.6 is 23.2 Å². The number of carboxylic acid groups (broad SMARTS) is 1. The molecule has 230 valence electrons. The summed E-state index contributed by atoms with van der Waals surface area (Å²) in [7, 11) is 3.95. The minimum absolute atomic E-state index is 0.0215. The van der Waals surface area contributed by atoms with Gasteiger partial charge in [-0.1, -0.05) is 11.6 Å². The zero-order valence-corrected chi connectivity index (χ0v) is 25.0. The maximum absolute atomic E-state index is 14.1. The molecular weight excluding hydrogens is 619 g/mol. The highest BCUT2D eigenvalue weighted by atomic mass is 35.5. The largest absolute Gasteiger partial charge is 0.508 e. The van der Waals surface area contributed by atoms with E-state index in [2.05, 4.69) is 0 Å². The molecule has 2 heterocycles. The molecule has 2 aliphatic heterocycles. The van der Waals surface area contributed by atoms with Gasteiger partial charge in [-0.25, -0.2) is 9.69 Å². The number of aromatic hydroxyl groups is 2. The van der Waals surface area contributed by atoms with Gasteiger partial charge in [-0.15, -0.1) is 23.2 Å². The van der Waals surface area contributed by atoms with Crippen molar-refractivity contribution in [1.29, 1.82) is 0 Å². The third-order valence-electron chi connectivity index (χ3n) is 9.30. The van der Waals surface area contributed by atoms with E-state index in [1.165, 1.54) is 39.5 Å². The van der Waals surface area contributed by atoms with Crippen LogP contribution in [-0.2, 0) is 19.2 Å².